The molecule has 2 aliphatic heterocycles. The number of carbonyl (C=O) groups excluding carboxylic acids is 1. The van der Waals surface area contributed by atoms with Crippen molar-refractivity contribution in [2.24, 2.45) is 4.99 Å². The number of oxazole rings is 1. The standard InChI is InChI=1S/C21H17N3O4S/c1-12-23-15-4-2-14(9-17(15)28-12)10-19-20(25)24-21(29-19)22-7-6-13-3-5-16-18(8-13)27-11-26-16/h2-5,8-10H,6-7,11H2,1H3,(H,22,24,25). The average molecular weight is 407 g/mol. The van der Waals surface area contributed by atoms with E-state index in [2.05, 4.69) is 15.3 Å². The number of hydrogen-bond donors (Lipinski definition) is 1. The van der Waals surface area contributed by atoms with Gasteiger partial charge in [0.05, 0.1) is 4.91 Å². The molecule has 146 valence electrons. The highest BCUT2D eigenvalue weighted by Crippen LogP contribution is 2.32. The summed E-state index contributed by atoms with van der Waals surface area (Å²) < 4.78 is 16.3. The van der Waals surface area contributed by atoms with Crippen LogP contribution in [0, 0.1) is 6.92 Å². The Kier molecular flexibility index (Phi) is 4.48. The van der Waals surface area contributed by atoms with E-state index in [1.54, 1.807) is 0 Å². The Labute approximate surface area is 170 Å². The van der Waals surface area contributed by atoms with E-state index in [1.165, 1.54) is 11.8 Å². The minimum Gasteiger partial charge on any atom is -0.454 e. The highest BCUT2D eigenvalue weighted by atomic mass is 32.2. The van der Waals surface area contributed by atoms with Crippen LogP contribution in [-0.4, -0.2) is 29.4 Å². The second kappa shape index (κ2) is 7.29. The number of aliphatic imine (C=N–C) groups is 1. The number of carbonyl (C=O) groups is 1. The molecule has 0 unspecified atom stereocenters. The first-order valence-corrected chi connectivity index (χ1v) is 9.97. The fraction of sp³-hybridized carbons (Fsp3) is 0.190. The number of amidine groups is 1. The first-order chi connectivity index (χ1) is 14.1. The maximum atomic E-state index is 12.3. The first-order valence-electron chi connectivity index (χ1n) is 9.15. The topological polar surface area (TPSA) is 86.0 Å². The molecule has 2 aliphatic rings. The molecule has 1 N–H and O–H groups in total. The molecule has 0 saturated carbocycles. The zero-order valence-electron chi connectivity index (χ0n) is 15.6. The molecule has 0 atom stereocenters. The van der Waals surface area contributed by atoms with Crippen molar-refractivity contribution in [2.45, 2.75) is 13.3 Å². The van der Waals surface area contributed by atoms with E-state index < -0.39 is 0 Å². The molecular formula is C21H17N3O4S. The van der Waals surface area contributed by atoms with Gasteiger partial charge in [0.2, 0.25) is 6.79 Å². The van der Waals surface area contributed by atoms with E-state index in [9.17, 15) is 4.79 Å². The van der Waals surface area contributed by atoms with Crippen LogP contribution in [-0.2, 0) is 11.2 Å². The normalized spacial score (nSPS) is 18.2. The molecule has 1 saturated heterocycles. The van der Waals surface area contributed by atoms with Crippen LogP contribution < -0.4 is 14.8 Å². The summed E-state index contributed by atoms with van der Waals surface area (Å²) in [6, 6.07) is 11.6. The van der Waals surface area contributed by atoms with Gasteiger partial charge in [-0.2, -0.15) is 0 Å². The summed E-state index contributed by atoms with van der Waals surface area (Å²) in [5, 5.41) is 3.43. The fourth-order valence-corrected chi connectivity index (χ4v) is 4.03. The Bertz CT molecular complexity index is 1180. The summed E-state index contributed by atoms with van der Waals surface area (Å²) in [4.78, 5) is 21.7. The lowest BCUT2D eigenvalue weighted by Crippen LogP contribution is -2.20. The third-order valence-electron chi connectivity index (χ3n) is 4.56. The molecule has 0 aliphatic carbocycles. The Morgan fingerprint density at radius 2 is 2.10 bits per heavy atom. The van der Waals surface area contributed by atoms with Crippen molar-refractivity contribution >= 4 is 40.0 Å². The van der Waals surface area contributed by atoms with E-state index >= 15 is 0 Å². The second-order valence-corrected chi connectivity index (χ2v) is 7.68. The predicted octanol–water partition coefficient (Wildman–Crippen LogP) is 3.67. The largest absolute Gasteiger partial charge is 0.454 e. The second-order valence-electron chi connectivity index (χ2n) is 6.65. The van der Waals surface area contributed by atoms with Crippen LogP contribution in [0.1, 0.15) is 17.0 Å². The van der Waals surface area contributed by atoms with Crippen LogP contribution in [0.25, 0.3) is 17.2 Å². The van der Waals surface area contributed by atoms with Gasteiger partial charge in [0, 0.05) is 13.5 Å². The molecule has 0 bridgehead atoms. The van der Waals surface area contributed by atoms with Crippen molar-refractivity contribution in [1.29, 1.82) is 0 Å². The molecule has 1 fully saturated rings. The lowest BCUT2D eigenvalue weighted by atomic mass is 10.1. The van der Waals surface area contributed by atoms with E-state index in [-0.39, 0.29) is 12.7 Å². The van der Waals surface area contributed by atoms with Crippen molar-refractivity contribution in [3.63, 3.8) is 0 Å². The molecule has 29 heavy (non-hydrogen) atoms. The number of nitrogens with zero attached hydrogens (tertiary/aromatic N) is 2. The van der Waals surface area contributed by atoms with Crippen molar-refractivity contribution in [1.82, 2.24) is 10.3 Å². The predicted molar refractivity (Wildman–Crippen MR) is 111 cm³/mol. The smallest absolute Gasteiger partial charge is 0.264 e. The van der Waals surface area contributed by atoms with Gasteiger partial charge < -0.3 is 19.2 Å². The summed E-state index contributed by atoms with van der Waals surface area (Å²) in [6.07, 6.45) is 2.58. The summed E-state index contributed by atoms with van der Waals surface area (Å²) in [5.41, 5.74) is 3.50. The van der Waals surface area contributed by atoms with Gasteiger partial charge in [-0.25, -0.2) is 4.98 Å². The number of nitrogens with one attached hydrogen (secondary N) is 1. The van der Waals surface area contributed by atoms with Crippen molar-refractivity contribution < 1.29 is 18.7 Å². The van der Waals surface area contributed by atoms with Crippen molar-refractivity contribution in [3.05, 3.63) is 58.3 Å². The average Bonchev–Trinajstić information content (AvgIpc) is 3.39. The third kappa shape index (κ3) is 3.71. The van der Waals surface area contributed by atoms with Crippen LogP contribution in [0.3, 0.4) is 0 Å². The summed E-state index contributed by atoms with van der Waals surface area (Å²) in [7, 11) is 0. The summed E-state index contributed by atoms with van der Waals surface area (Å²) in [5.74, 6) is 2.01. The number of aryl methyl sites for hydroxylation is 1. The molecule has 8 heteroatoms. The first kappa shape index (κ1) is 17.8. The van der Waals surface area contributed by atoms with Gasteiger partial charge in [0.1, 0.15) is 5.52 Å². The maximum absolute atomic E-state index is 12.3. The molecule has 1 amide bonds. The number of benzene rings is 2. The summed E-state index contributed by atoms with van der Waals surface area (Å²) >= 11 is 1.34. The van der Waals surface area contributed by atoms with Crippen LogP contribution in [0.15, 0.2) is 50.7 Å². The van der Waals surface area contributed by atoms with E-state index in [1.807, 2.05) is 49.4 Å². The van der Waals surface area contributed by atoms with Gasteiger partial charge in [0.15, 0.2) is 28.1 Å². The van der Waals surface area contributed by atoms with Gasteiger partial charge in [-0.3, -0.25) is 9.79 Å². The molecule has 3 aromatic rings. The molecule has 0 spiro atoms. The molecule has 2 aromatic carbocycles. The van der Waals surface area contributed by atoms with Crippen LogP contribution in [0.2, 0.25) is 0 Å². The number of thioether (sulfide) groups is 1. The van der Waals surface area contributed by atoms with E-state index in [4.69, 9.17) is 13.9 Å². The minimum absolute atomic E-state index is 0.148. The molecule has 1 aromatic heterocycles. The lowest BCUT2D eigenvalue weighted by Gasteiger charge is -2.01. The number of fused-ring (bicyclic) bond motifs is 2. The Balaban J connectivity index is 1.26. The van der Waals surface area contributed by atoms with Crippen LogP contribution >= 0.6 is 11.8 Å². The van der Waals surface area contributed by atoms with Crippen LogP contribution in [0.5, 0.6) is 11.5 Å². The third-order valence-corrected chi connectivity index (χ3v) is 5.51. The number of rotatable bonds is 4. The van der Waals surface area contributed by atoms with Crippen LogP contribution in [0.4, 0.5) is 0 Å². The highest BCUT2D eigenvalue weighted by Gasteiger charge is 2.23. The van der Waals surface area contributed by atoms with E-state index in [0.29, 0.717) is 28.1 Å². The Morgan fingerprint density at radius 1 is 1.21 bits per heavy atom. The zero-order valence-corrected chi connectivity index (χ0v) is 16.4. The SMILES string of the molecule is Cc1nc2ccc(C=C3SC(=NCCc4ccc5c(c4)OCO5)NC3=O)cc2o1. The zero-order chi connectivity index (χ0) is 19.8. The van der Waals surface area contributed by atoms with Gasteiger partial charge in [0.25, 0.3) is 5.91 Å². The van der Waals surface area contributed by atoms with Crippen molar-refractivity contribution in [2.75, 3.05) is 13.3 Å². The number of hydrogen-bond acceptors (Lipinski definition) is 7. The molecular weight excluding hydrogens is 390 g/mol. The van der Waals surface area contributed by atoms with Gasteiger partial charge in [-0.05, 0) is 59.7 Å². The number of ether oxygens (including phenoxy) is 2. The lowest BCUT2D eigenvalue weighted by molar-refractivity contribution is -0.115. The van der Waals surface area contributed by atoms with Gasteiger partial charge in [-0.1, -0.05) is 12.1 Å². The molecule has 7 nitrogen and oxygen atoms in total. The maximum Gasteiger partial charge on any atom is 0.264 e. The fourth-order valence-electron chi connectivity index (χ4n) is 3.18. The van der Waals surface area contributed by atoms with Gasteiger partial charge in [-0.15, -0.1) is 0 Å². The quantitative estimate of drug-likeness (QED) is 0.664. The highest BCUT2D eigenvalue weighted by molar-refractivity contribution is 8.18. The van der Waals surface area contributed by atoms with E-state index in [0.717, 1.165) is 34.6 Å². The van der Waals surface area contributed by atoms with Crippen molar-refractivity contribution in [3.8, 4) is 11.5 Å². The monoisotopic (exact) mass is 407 g/mol. The minimum atomic E-state index is -0.148. The molecule has 3 heterocycles. The Hall–Kier alpha value is -3.26. The molecule has 0 radical (unpaired) electrons. The number of amides is 1. The number of aromatic nitrogens is 1. The molecule has 5 rings (SSSR count). The Morgan fingerprint density at radius 3 is 3.03 bits per heavy atom. The van der Waals surface area contributed by atoms with Gasteiger partial charge >= 0.3 is 0 Å². The summed E-state index contributed by atoms with van der Waals surface area (Å²) in [6.45, 7) is 2.64.